The van der Waals surface area contributed by atoms with Gasteiger partial charge in [0.1, 0.15) is 0 Å². The summed E-state index contributed by atoms with van der Waals surface area (Å²) >= 11 is 0. The van der Waals surface area contributed by atoms with Gasteiger partial charge in [0.2, 0.25) is 0 Å². The van der Waals surface area contributed by atoms with E-state index in [-0.39, 0.29) is 5.41 Å². The van der Waals surface area contributed by atoms with Crippen molar-refractivity contribution in [2.75, 3.05) is 6.61 Å². The van der Waals surface area contributed by atoms with Crippen LogP contribution in [-0.2, 0) is 0 Å². The van der Waals surface area contributed by atoms with Crippen molar-refractivity contribution in [1.29, 1.82) is 0 Å². The molecule has 4 aliphatic carbocycles. The molecule has 0 spiro atoms. The maximum absolute atomic E-state index is 10.6. The van der Waals surface area contributed by atoms with E-state index < -0.39 is 5.60 Å². The van der Waals surface area contributed by atoms with Gasteiger partial charge in [-0.2, -0.15) is 0 Å². The average Bonchev–Trinajstić information content (AvgIpc) is 2.97. The number of fused-ring (bicyclic) bond motifs is 5. The third-order valence-electron chi connectivity index (χ3n) is 10.2. The van der Waals surface area contributed by atoms with Gasteiger partial charge in [-0.25, -0.2) is 0 Å². The first-order valence-corrected chi connectivity index (χ1v) is 12.0. The largest absolute Gasteiger partial charge is 0.396 e. The number of allylic oxidation sites excluding steroid dienone is 1. The van der Waals surface area contributed by atoms with Crippen LogP contribution in [0.5, 0.6) is 0 Å². The summed E-state index contributed by atoms with van der Waals surface area (Å²) in [5.74, 6) is 3.40. The Morgan fingerprint density at radius 2 is 1.79 bits per heavy atom. The Labute approximate surface area is 173 Å². The summed E-state index contributed by atoms with van der Waals surface area (Å²) < 4.78 is 0. The zero-order valence-electron chi connectivity index (χ0n) is 19.1. The molecule has 2 heteroatoms. The number of hydrogen-bond donors (Lipinski definition) is 2. The molecule has 3 saturated carbocycles. The Morgan fingerprint density at radius 3 is 2.50 bits per heavy atom. The fraction of sp³-hybridized carbons (Fsp3) is 0.923. The predicted molar refractivity (Wildman–Crippen MR) is 116 cm³/mol. The molecular formula is C26H44O2. The molecule has 0 bridgehead atoms. The van der Waals surface area contributed by atoms with Gasteiger partial charge in [0, 0.05) is 6.61 Å². The van der Waals surface area contributed by atoms with Gasteiger partial charge in [0.15, 0.2) is 0 Å². The summed E-state index contributed by atoms with van der Waals surface area (Å²) in [4.78, 5) is 0. The van der Waals surface area contributed by atoms with Crippen LogP contribution in [0.1, 0.15) is 98.8 Å². The molecule has 0 aromatic carbocycles. The topological polar surface area (TPSA) is 40.5 Å². The first kappa shape index (κ1) is 20.9. The van der Waals surface area contributed by atoms with Gasteiger partial charge in [-0.05, 0) is 111 Å². The van der Waals surface area contributed by atoms with Gasteiger partial charge in [-0.15, -0.1) is 0 Å². The summed E-state index contributed by atoms with van der Waals surface area (Å²) in [6.45, 7) is 11.9. The van der Waals surface area contributed by atoms with Crippen molar-refractivity contribution in [3.8, 4) is 0 Å². The van der Waals surface area contributed by atoms with Gasteiger partial charge in [-0.3, -0.25) is 0 Å². The monoisotopic (exact) mass is 388 g/mol. The van der Waals surface area contributed by atoms with E-state index in [2.05, 4.69) is 33.8 Å². The third-order valence-corrected chi connectivity index (χ3v) is 10.2. The van der Waals surface area contributed by atoms with E-state index in [4.69, 9.17) is 0 Å². The molecule has 3 fully saturated rings. The lowest BCUT2D eigenvalue weighted by Gasteiger charge is -2.59. The second-order valence-corrected chi connectivity index (χ2v) is 12.6. The number of hydrogen-bond acceptors (Lipinski definition) is 2. The molecule has 0 unspecified atom stereocenters. The standard InChI is InChI=1S/C26H44O2/c1-23(2,17-27)12-10-18-7-9-21-20-8-6-19-16-24(3,28)14-15-26(19,5)22(20)11-13-25(18,21)4/h6,18,20-22,27-28H,7-17H2,1-5H3/t18-,20+,21+,22+,24+,25-,26+/m1/s1. The molecule has 0 amide bonds. The molecule has 0 saturated heterocycles. The molecule has 4 aliphatic rings. The van der Waals surface area contributed by atoms with Crippen LogP contribution in [0.15, 0.2) is 11.6 Å². The fourth-order valence-corrected chi connectivity index (χ4v) is 8.03. The van der Waals surface area contributed by atoms with Crippen molar-refractivity contribution in [3.63, 3.8) is 0 Å². The second kappa shape index (κ2) is 6.84. The van der Waals surface area contributed by atoms with Gasteiger partial charge >= 0.3 is 0 Å². The minimum absolute atomic E-state index is 0.0701. The van der Waals surface area contributed by atoms with E-state index in [9.17, 15) is 10.2 Å². The first-order valence-electron chi connectivity index (χ1n) is 12.0. The van der Waals surface area contributed by atoms with E-state index in [0.717, 1.165) is 42.9 Å². The smallest absolute Gasteiger partial charge is 0.0657 e. The van der Waals surface area contributed by atoms with Crippen molar-refractivity contribution in [2.45, 2.75) is 104 Å². The van der Waals surface area contributed by atoms with Crippen LogP contribution in [0.25, 0.3) is 0 Å². The van der Waals surface area contributed by atoms with Crippen LogP contribution in [0.2, 0.25) is 0 Å². The number of aliphatic hydroxyl groups excluding tert-OH is 1. The Kier molecular flexibility index (Phi) is 5.11. The molecule has 4 rings (SSSR count). The zero-order valence-corrected chi connectivity index (χ0v) is 19.1. The predicted octanol–water partition coefficient (Wildman–Crippen LogP) is 6.12. The maximum Gasteiger partial charge on any atom is 0.0657 e. The summed E-state index contributed by atoms with van der Waals surface area (Å²) in [7, 11) is 0. The molecule has 2 nitrogen and oxygen atoms in total. The Bertz CT molecular complexity index is 632. The highest BCUT2D eigenvalue weighted by molar-refractivity contribution is 5.26. The van der Waals surface area contributed by atoms with Crippen molar-refractivity contribution >= 4 is 0 Å². The van der Waals surface area contributed by atoms with E-state index in [1.807, 2.05) is 6.92 Å². The highest BCUT2D eigenvalue weighted by Crippen LogP contribution is 2.67. The molecule has 0 aliphatic heterocycles. The maximum atomic E-state index is 10.6. The Balaban J connectivity index is 1.53. The second-order valence-electron chi connectivity index (χ2n) is 12.6. The number of aliphatic hydroxyl groups is 2. The average molecular weight is 389 g/mol. The number of rotatable bonds is 4. The van der Waals surface area contributed by atoms with Crippen molar-refractivity contribution in [2.24, 2.45) is 39.9 Å². The normalized spacial score (nSPS) is 48.5. The van der Waals surface area contributed by atoms with Gasteiger partial charge in [-0.1, -0.05) is 39.3 Å². The van der Waals surface area contributed by atoms with E-state index >= 15 is 0 Å². The van der Waals surface area contributed by atoms with E-state index in [1.165, 1.54) is 44.9 Å². The van der Waals surface area contributed by atoms with Crippen LogP contribution in [-0.4, -0.2) is 22.4 Å². The molecule has 0 aromatic heterocycles. The Hall–Kier alpha value is -0.340. The van der Waals surface area contributed by atoms with Gasteiger partial charge in [0.25, 0.3) is 0 Å². The Morgan fingerprint density at radius 1 is 1.04 bits per heavy atom. The summed E-state index contributed by atoms with van der Waals surface area (Å²) in [6, 6.07) is 0. The van der Waals surface area contributed by atoms with Gasteiger partial charge in [0.05, 0.1) is 5.60 Å². The molecule has 0 heterocycles. The zero-order chi connectivity index (χ0) is 20.4. The van der Waals surface area contributed by atoms with Crippen LogP contribution in [0, 0.1) is 39.9 Å². The van der Waals surface area contributed by atoms with Crippen LogP contribution in [0.3, 0.4) is 0 Å². The first-order chi connectivity index (χ1) is 13.0. The molecular weight excluding hydrogens is 344 g/mol. The van der Waals surface area contributed by atoms with Crippen LogP contribution in [0.4, 0.5) is 0 Å². The minimum atomic E-state index is -0.487. The highest BCUT2D eigenvalue weighted by atomic mass is 16.3. The molecule has 2 N–H and O–H groups in total. The van der Waals surface area contributed by atoms with E-state index in [1.54, 1.807) is 5.57 Å². The third kappa shape index (κ3) is 3.31. The molecule has 0 aromatic rings. The van der Waals surface area contributed by atoms with Crippen molar-refractivity contribution < 1.29 is 10.2 Å². The van der Waals surface area contributed by atoms with Crippen LogP contribution >= 0.6 is 0 Å². The highest BCUT2D eigenvalue weighted by Gasteiger charge is 2.58. The molecule has 160 valence electrons. The molecule has 28 heavy (non-hydrogen) atoms. The SMILES string of the molecule is CC(C)(CO)CC[C@H]1CC[C@H]2[C@@H]3CC=C4C[C@@](C)(O)CC[C@]4(C)[C@H]3CC[C@]12C. The quantitative estimate of drug-likeness (QED) is 0.570. The fourth-order valence-electron chi connectivity index (χ4n) is 8.03. The lowest BCUT2D eigenvalue weighted by Crippen LogP contribution is -2.51. The lowest BCUT2D eigenvalue weighted by atomic mass is 9.46. The molecule has 7 atom stereocenters. The van der Waals surface area contributed by atoms with Crippen molar-refractivity contribution in [1.82, 2.24) is 0 Å². The van der Waals surface area contributed by atoms with Crippen LogP contribution < -0.4 is 0 Å². The summed E-state index contributed by atoms with van der Waals surface area (Å²) in [5.41, 5.74) is 2.01. The van der Waals surface area contributed by atoms with E-state index in [0.29, 0.717) is 17.4 Å². The minimum Gasteiger partial charge on any atom is -0.396 e. The van der Waals surface area contributed by atoms with Crippen molar-refractivity contribution in [3.05, 3.63) is 11.6 Å². The van der Waals surface area contributed by atoms with Gasteiger partial charge < -0.3 is 10.2 Å². The molecule has 0 radical (unpaired) electrons. The summed E-state index contributed by atoms with van der Waals surface area (Å²) in [6.07, 6.45) is 14.9. The summed E-state index contributed by atoms with van der Waals surface area (Å²) in [5, 5.41) is 20.3. The lowest BCUT2D eigenvalue weighted by molar-refractivity contribution is -0.0669.